The Balaban J connectivity index is 0.000000484. The maximum absolute atomic E-state index is 13.0. The maximum Gasteiger partial charge on any atom is 0.310 e. The van der Waals surface area contributed by atoms with Gasteiger partial charge in [-0.15, -0.1) is 4.37 Å². The van der Waals surface area contributed by atoms with E-state index in [1.807, 2.05) is 48.5 Å². The number of carbonyl (C=O) groups is 2. The molecule has 0 spiro atoms. The van der Waals surface area contributed by atoms with Gasteiger partial charge in [0.15, 0.2) is 0 Å². The highest BCUT2D eigenvalue weighted by Crippen LogP contribution is 2.37. The van der Waals surface area contributed by atoms with E-state index in [0.29, 0.717) is 36.4 Å². The number of rotatable bonds is 28. The number of esters is 2. The molecule has 8 nitrogen and oxygen atoms in total. The van der Waals surface area contributed by atoms with Crippen molar-refractivity contribution in [2.75, 3.05) is 26.7 Å². The third kappa shape index (κ3) is 21.2. The summed E-state index contributed by atoms with van der Waals surface area (Å²) in [5.41, 5.74) is 3.15. The van der Waals surface area contributed by atoms with Crippen molar-refractivity contribution in [3.8, 4) is 5.88 Å². The lowest BCUT2D eigenvalue weighted by Crippen LogP contribution is -3.00. The second-order valence-electron chi connectivity index (χ2n) is 15.9. The molecule has 0 amide bonds. The number of quaternary nitrogens is 1. The highest BCUT2D eigenvalue weighted by atomic mass is 127. The van der Waals surface area contributed by atoms with Gasteiger partial charge in [-0.25, -0.2) is 0 Å². The molecule has 0 saturated heterocycles. The first kappa shape index (κ1) is 52.6. The Morgan fingerprint density at radius 3 is 1.73 bits per heavy atom. The summed E-state index contributed by atoms with van der Waals surface area (Å²) in [6, 6.07) is 19.6. The topological polar surface area (TPSA) is 87.6 Å². The number of alkyl halides is 1. The van der Waals surface area contributed by atoms with E-state index in [9.17, 15) is 9.59 Å². The molecule has 0 aliphatic carbocycles. The average Bonchev–Trinajstić information content (AvgIpc) is 3.71. The molecule has 2 heterocycles. The molecule has 330 valence electrons. The third-order valence-corrected chi connectivity index (χ3v) is 11.6. The molecule has 0 radical (unpaired) electrons. The molecule has 11 heteroatoms. The Labute approximate surface area is 383 Å². The largest absolute Gasteiger partial charge is 1.00 e. The molecule has 3 unspecified atom stereocenters. The molecular formula is C48H73ClIN3O5S. The van der Waals surface area contributed by atoms with Crippen molar-refractivity contribution < 1.29 is 52.3 Å². The summed E-state index contributed by atoms with van der Waals surface area (Å²) < 4.78 is 27.2. The molecule has 1 aliphatic rings. The molecule has 2 aromatic carbocycles. The van der Waals surface area contributed by atoms with E-state index in [1.54, 1.807) is 0 Å². The van der Waals surface area contributed by atoms with E-state index in [4.69, 9.17) is 25.8 Å². The second-order valence-corrected chi connectivity index (χ2v) is 16.8. The molecule has 4 rings (SSSR count). The van der Waals surface area contributed by atoms with Crippen LogP contribution in [0.1, 0.15) is 184 Å². The van der Waals surface area contributed by atoms with E-state index in [0.717, 1.165) is 67.5 Å². The first-order valence-electron chi connectivity index (χ1n) is 22.4. The zero-order chi connectivity index (χ0) is 41.7. The Bertz CT molecular complexity index is 1560. The van der Waals surface area contributed by atoms with Gasteiger partial charge in [-0.3, -0.25) is 14.1 Å². The Kier molecular flexibility index (Phi) is 28.7. The van der Waals surface area contributed by atoms with Crippen LogP contribution in [0.4, 0.5) is 0 Å². The highest BCUT2D eigenvalue weighted by Gasteiger charge is 2.40. The van der Waals surface area contributed by atoms with Gasteiger partial charge in [0, 0.05) is 30.4 Å². The first-order valence-corrected chi connectivity index (χ1v) is 23.6. The number of likely N-dealkylation sites (N-methyl/N-ethyl adjacent to an activating group) is 1. The zero-order valence-electron chi connectivity index (χ0n) is 36.5. The number of ether oxygens (including phenoxy) is 3. The fourth-order valence-corrected chi connectivity index (χ4v) is 8.04. The lowest BCUT2D eigenvalue weighted by Gasteiger charge is -2.42. The molecule has 0 fully saturated rings. The van der Waals surface area contributed by atoms with E-state index in [1.165, 1.54) is 95.2 Å². The van der Waals surface area contributed by atoms with Crippen LogP contribution in [-0.2, 0) is 19.1 Å². The SMILES string of the molecule is CCCCCCCCCC(=O)OC(Cl)c1ccccc1.CCCCCCCCCC(=O)OC(c1ccccc1)[N+]1(C)CCC=C(c2nsnc2OCCCCCC)C1.[I-]. The van der Waals surface area contributed by atoms with E-state index in [-0.39, 0.29) is 42.1 Å². The minimum atomic E-state index is -0.673. The van der Waals surface area contributed by atoms with Gasteiger partial charge >= 0.3 is 11.9 Å². The molecular weight excluding hydrogens is 893 g/mol. The van der Waals surface area contributed by atoms with Gasteiger partial charge in [0.1, 0.15) is 12.2 Å². The number of aromatic nitrogens is 2. The Hall–Kier alpha value is -2.54. The highest BCUT2D eigenvalue weighted by molar-refractivity contribution is 6.99. The van der Waals surface area contributed by atoms with Gasteiger partial charge in [0.25, 0.3) is 12.1 Å². The van der Waals surface area contributed by atoms with Gasteiger partial charge in [-0.05, 0) is 31.4 Å². The quantitative estimate of drug-likeness (QED) is 0.0235. The fourth-order valence-electron chi connectivity index (χ4n) is 7.26. The second kappa shape index (κ2) is 32.2. The molecule has 1 aliphatic heterocycles. The normalized spacial score (nSPS) is 15.8. The molecule has 3 atom stereocenters. The van der Waals surface area contributed by atoms with E-state index in [2.05, 4.69) is 54.8 Å². The van der Waals surface area contributed by atoms with Crippen molar-refractivity contribution in [2.24, 2.45) is 0 Å². The molecule has 59 heavy (non-hydrogen) atoms. The van der Waals surface area contributed by atoms with E-state index >= 15 is 0 Å². The summed E-state index contributed by atoms with van der Waals surface area (Å²) in [7, 11) is 2.19. The van der Waals surface area contributed by atoms with Gasteiger partial charge in [-0.2, -0.15) is 4.37 Å². The van der Waals surface area contributed by atoms with Crippen LogP contribution in [0.3, 0.4) is 0 Å². The van der Waals surface area contributed by atoms with Crippen molar-refractivity contribution in [2.45, 2.75) is 167 Å². The number of hydrogen-bond donors (Lipinski definition) is 0. The van der Waals surface area contributed by atoms with Gasteiger partial charge in [-0.1, -0.05) is 183 Å². The van der Waals surface area contributed by atoms with Crippen LogP contribution in [0.25, 0.3) is 5.57 Å². The first-order chi connectivity index (χ1) is 28.3. The van der Waals surface area contributed by atoms with Crippen LogP contribution >= 0.6 is 23.3 Å². The maximum atomic E-state index is 13.0. The van der Waals surface area contributed by atoms with Crippen molar-refractivity contribution >= 4 is 40.8 Å². The summed E-state index contributed by atoms with van der Waals surface area (Å²) in [5, 5.41) is 0. The number of carbonyl (C=O) groups excluding carboxylic acids is 2. The minimum Gasteiger partial charge on any atom is -1.00 e. The number of unbranched alkanes of at least 4 members (excludes halogenated alkanes) is 15. The number of halogens is 2. The van der Waals surface area contributed by atoms with Crippen LogP contribution in [0.2, 0.25) is 0 Å². The van der Waals surface area contributed by atoms with Crippen LogP contribution in [0.15, 0.2) is 66.7 Å². The van der Waals surface area contributed by atoms with Crippen LogP contribution in [0.5, 0.6) is 5.88 Å². The summed E-state index contributed by atoms with van der Waals surface area (Å²) >= 11 is 7.26. The predicted octanol–water partition coefficient (Wildman–Crippen LogP) is 10.7. The van der Waals surface area contributed by atoms with E-state index < -0.39 is 5.56 Å². The fraction of sp³-hybridized carbons (Fsp3) is 0.625. The van der Waals surface area contributed by atoms with Gasteiger partial charge < -0.3 is 38.2 Å². The van der Waals surface area contributed by atoms with Gasteiger partial charge in [0.2, 0.25) is 5.56 Å². The van der Waals surface area contributed by atoms with Crippen molar-refractivity contribution in [3.63, 3.8) is 0 Å². The van der Waals surface area contributed by atoms with Gasteiger partial charge in [0.05, 0.1) is 37.5 Å². The molecule has 3 aromatic rings. The van der Waals surface area contributed by atoms with Crippen LogP contribution < -0.4 is 28.7 Å². The van der Waals surface area contributed by atoms with Crippen LogP contribution in [0, 0.1) is 0 Å². The molecule has 1 aromatic heterocycles. The number of benzene rings is 2. The smallest absolute Gasteiger partial charge is 0.310 e. The summed E-state index contributed by atoms with van der Waals surface area (Å²) in [6.07, 6.45) is 25.0. The lowest BCUT2D eigenvalue weighted by molar-refractivity contribution is -0.953. The minimum absolute atomic E-state index is 0. The molecule has 0 saturated carbocycles. The monoisotopic (exact) mass is 965 g/mol. The predicted molar refractivity (Wildman–Crippen MR) is 240 cm³/mol. The average molecular weight is 967 g/mol. The number of nitrogens with zero attached hydrogens (tertiary/aromatic N) is 3. The lowest BCUT2D eigenvalue weighted by atomic mass is 10.0. The standard InChI is InChI=1S/C31H48N3O3S.C17H25ClO2.HI/c1-4-6-8-10-11-12-16-22-28(35)37-31(26-19-14-13-15-20-26)34(3)23-18-21-27(25-34)29-30(33-38-32-29)36-24-17-9-7-5-2;1-2-3-4-5-6-7-11-14-16(19)20-17(18)15-12-9-8-10-13-15;/h13-15,19-21,31H,4-12,16-18,22-25H2,1-3H3;8-10,12-13,17H,2-7,11,14H2,1H3;1H/q+1;;/p-1. The summed E-state index contributed by atoms with van der Waals surface area (Å²) in [6.45, 7) is 8.93. The zero-order valence-corrected chi connectivity index (χ0v) is 40.3. The van der Waals surface area contributed by atoms with Crippen molar-refractivity contribution in [3.05, 3.63) is 83.6 Å². The third-order valence-electron chi connectivity index (χ3n) is 10.7. The van der Waals surface area contributed by atoms with Crippen molar-refractivity contribution in [1.29, 1.82) is 0 Å². The molecule has 0 N–H and O–H groups in total. The Morgan fingerprint density at radius 1 is 0.678 bits per heavy atom. The summed E-state index contributed by atoms with van der Waals surface area (Å²) in [4.78, 5) is 24.7. The van der Waals surface area contributed by atoms with Crippen LogP contribution in [-0.4, -0.2) is 51.9 Å². The number of hydrogen-bond acceptors (Lipinski definition) is 8. The van der Waals surface area contributed by atoms with Crippen molar-refractivity contribution in [1.82, 2.24) is 8.75 Å². The molecule has 0 bridgehead atoms. The summed E-state index contributed by atoms with van der Waals surface area (Å²) in [5.74, 6) is 0.329. The Morgan fingerprint density at radius 2 is 1.17 bits per heavy atom.